The van der Waals surface area contributed by atoms with Crippen molar-refractivity contribution in [3.8, 4) is 5.75 Å². The van der Waals surface area contributed by atoms with Crippen molar-refractivity contribution in [2.75, 3.05) is 27.3 Å². The fourth-order valence-electron chi connectivity index (χ4n) is 2.02. The molecule has 0 N–H and O–H groups in total. The summed E-state index contributed by atoms with van der Waals surface area (Å²) in [5.41, 5.74) is 1.04. The minimum atomic E-state index is -0.391. The molecular formula is C16H23NO4. The standard InChI is InChI=1S/C16H23NO4/c1-4-10-17(12-16(19)21-3)15(18)9-8-13-6-5-7-14(11-13)20-2/h5-7,11H,4,8-10,12H2,1-3H3. The maximum Gasteiger partial charge on any atom is 0.325 e. The Labute approximate surface area is 125 Å². The molecule has 0 saturated heterocycles. The molecular weight excluding hydrogens is 270 g/mol. The summed E-state index contributed by atoms with van der Waals surface area (Å²) in [5, 5.41) is 0. The Bertz CT molecular complexity index is 473. The highest BCUT2D eigenvalue weighted by Crippen LogP contribution is 2.14. The lowest BCUT2D eigenvalue weighted by atomic mass is 10.1. The molecule has 21 heavy (non-hydrogen) atoms. The Kier molecular flexibility index (Phi) is 7.29. The Balaban J connectivity index is 2.57. The number of hydrogen-bond acceptors (Lipinski definition) is 4. The molecule has 0 aromatic heterocycles. The second-order valence-electron chi connectivity index (χ2n) is 4.74. The summed E-state index contributed by atoms with van der Waals surface area (Å²) in [4.78, 5) is 25.1. The monoisotopic (exact) mass is 293 g/mol. The molecule has 1 rings (SSSR count). The summed E-state index contributed by atoms with van der Waals surface area (Å²) in [7, 11) is 2.94. The number of aryl methyl sites for hydroxylation is 1. The second-order valence-corrected chi connectivity index (χ2v) is 4.74. The number of ether oxygens (including phenoxy) is 2. The number of hydrogen-bond donors (Lipinski definition) is 0. The van der Waals surface area contributed by atoms with Crippen LogP contribution in [0.25, 0.3) is 0 Å². The van der Waals surface area contributed by atoms with E-state index in [4.69, 9.17) is 4.74 Å². The first-order chi connectivity index (χ1) is 10.1. The number of nitrogens with zero attached hydrogens (tertiary/aromatic N) is 1. The van der Waals surface area contributed by atoms with Crippen molar-refractivity contribution in [3.63, 3.8) is 0 Å². The minimum absolute atomic E-state index is 0.0152. The molecule has 0 radical (unpaired) electrons. The maximum absolute atomic E-state index is 12.2. The van der Waals surface area contributed by atoms with E-state index >= 15 is 0 Å². The third-order valence-electron chi connectivity index (χ3n) is 3.16. The largest absolute Gasteiger partial charge is 0.497 e. The van der Waals surface area contributed by atoms with Gasteiger partial charge in [0, 0.05) is 13.0 Å². The zero-order chi connectivity index (χ0) is 15.7. The van der Waals surface area contributed by atoms with Crippen LogP contribution in [-0.2, 0) is 20.7 Å². The van der Waals surface area contributed by atoms with Crippen LogP contribution in [0.15, 0.2) is 24.3 Å². The number of benzene rings is 1. The van der Waals surface area contributed by atoms with Crippen LogP contribution in [0, 0.1) is 0 Å². The SMILES string of the molecule is CCCN(CC(=O)OC)C(=O)CCc1cccc(OC)c1. The summed E-state index contributed by atoms with van der Waals surface area (Å²) >= 11 is 0. The number of amides is 1. The second kappa shape index (κ2) is 9.00. The summed E-state index contributed by atoms with van der Waals surface area (Å²) in [6, 6.07) is 7.64. The summed E-state index contributed by atoms with van der Waals surface area (Å²) in [6.45, 7) is 2.55. The molecule has 0 bridgehead atoms. The third kappa shape index (κ3) is 5.85. The lowest BCUT2D eigenvalue weighted by Gasteiger charge is -2.20. The van der Waals surface area contributed by atoms with Gasteiger partial charge >= 0.3 is 5.97 Å². The molecule has 0 unspecified atom stereocenters. The van der Waals surface area contributed by atoms with E-state index < -0.39 is 5.97 Å². The molecule has 0 heterocycles. The van der Waals surface area contributed by atoms with Gasteiger partial charge in [-0.2, -0.15) is 0 Å². The van der Waals surface area contributed by atoms with E-state index in [9.17, 15) is 9.59 Å². The molecule has 5 nitrogen and oxygen atoms in total. The maximum atomic E-state index is 12.2. The zero-order valence-electron chi connectivity index (χ0n) is 12.9. The molecule has 0 saturated carbocycles. The van der Waals surface area contributed by atoms with Gasteiger partial charge in [-0.3, -0.25) is 9.59 Å². The van der Waals surface area contributed by atoms with Crippen molar-refractivity contribution in [1.29, 1.82) is 0 Å². The highest BCUT2D eigenvalue weighted by molar-refractivity contribution is 5.82. The van der Waals surface area contributed by atoms with Crippen LogP contribution in [0.4, 0.5) is 0 Å². The van der Waals surface area contributed by atoms with E-state index in [1.54, 1.807) is 12.0 Å². The van der Waals surface area contributed by atoms with Crippen LogP contribution in [0.3, 0.4) is 0 Å². The Morgan fingerprint density at radius 3 is 2.62 bits per heavy atom. The fraction of sp³-hybridized carbons (Fsp3) is 0.500. The Hall–Kier alpha value is -2.04. The van der Waals surface area contributed by atoms with Crippen LogP contribution in [0.2, 0.25) is 0 Å². The Morgan fingerprint density at radius 1 is 1.24 bits per heavy atom. The average Bonchev–Trinajstić information content (AvgIpc) is 2.52. The normalized spacial score (nSPS) is 10.0. The zero-order valence-corrected chi connectivity index (χ0v) is 12.9. The summed E-state index contributed by atoms with van der Waals surface area (Å²) < 4.78 is 9.78. The van der Waals surface area contributed by atoms with Crippen molar-refractivity contribution in [2.24, 2.45) is 0 Å². The first-order valence-electron chi connectivity index (χ1n) is 7.08. The van der Waals surface area contributed by atoms with E-state index in [1.165, 1.54) is 7.11 Å². The predicted molar refractivity (Wildman–Crippen MR) is 80.2 cm³/mol. The molecule has 0 spiro atoms. The Morgan fingerprint density at radius 2 is 2.00 bits per heavy atom. The minimum Gasteiger partial charge on any atom is -0.497 e. The molecule has 1 amide bonds. The van der Waals surface area contributed by atoms with E-state index in [1.807, 2.05) is 31.2 Å². The van der Waals surface area contributed by atoms with E-state index in [-0.39, 0.29) is 12.5 Å². The van der Waals surface area contributed by atoms with E-state index in [0.29, 0.717) is 19.4 Å². The van der Waals surface area contributed by atoms with Crippen molar-refractivity contribution >= 4 is 11.9 Å². The number of carbonyl (C=O) groups is 2. The molecule has 0 aliphatic carbocycles. The molecule has 5 heteroatoms. The van der Waals surface area contributed by atoms with Gasteiger partial charge in [-0.05, 0) is 30.5 Å². The van der Waals surface area contributed by atoms with Crippen LogP contribution >= 0.6 is 0 Å². The van der Waals surface area contributed by atoms with Crippen molar-refractivity contribution < 1.29 is 19.1 Å². The van der Waals surface area contributed by atoms with Gasteiger partial charge in [0.25, 0.3) is 0 Å². The molecule has 0 atom stereocenters. The highest BCUT2D eigenvalue weighted by atomic mass is 16.5. The number of methoxy groups -OCH3 is 2. The number of carbonyl (C=O) groups excluding carboxylic acids is 2. The summed E-state index contributed by atoms with van der Waals surface area (Å²) in [5.74, 6) is 0.350. The van der Waals surface area contributed by atoms with Gasteiger partial charge in [-0.15, -0.1) is 0 Å². The molecule has 116 valence electrons. The smallest absolute Gasteiger partial charge is 0.325 e. The van der Waals surface area contributed by atoms with Gasteiger partial charge in [-0.1, -0.05) is 19.1 Å². The van der Waals surface area contributed by atoms with Gasteiger partial charge in [0.1, 0.15) is 12.3 Å². The lowest BCUT2D eigenvalue weighted by Crippen LogP contribution is -2.36. The fourth-order valence-corrected chi connectivity index (χ4v) is 2.02. The highest BCUT2D eigenvalue weighted by Gasteiger charge is 2.16. The molecule has 0 aliphatic rings. The lowest BCUT2D eigenvalue weighted by molar-refractivity contribution is -0.147. The topological polar surface area (TPSA) is 55.8 Å². The third-order valence-corrected chi connectivity index (χ3v) is 3.16. The molecule has 0 fully saturated rings. The quantitative estimate of drug-likeness (QED) is 0.688. The van der Waals surface area contributed by atoms with E-state index in [0.717, 1.165) is 17.7 Å². The van der Waals surface area contributed by atoms with Crippen LogP contribution in [0.5, 0.6) is 5.75 Å². The van der Waals surface area contributed by atoms with Crippen LogP contribution in [-0.4, -0.2) is 44.1 Å². The first-order valence-corrected chi connectivity index (χ1v) is 7.08. The molecule has 1 aromatic rings. The van der Waals surface area contributed by atoms with Gasteiger partial charge in [0.05, 0.1) is 14.2 Å². The number of rotatable bonds is 8. The van der Waals surface area contributed by atoms with Gasteiger partial charge in [0.15, 0.2) is 0 Å². The van der Waals surface area contributed by atoms with Gasteiger partial charge < -0.3 is 14.4 Å². The van der Waals surface area contributed by atoms with Crippen LogP contribution < -0.4 is 4.74 Å². The van der Waals surface area contributed by atoms with Crippen molar-refractivity contribution in [3.05, 3.63) is 29.8 Å². The molecule has 1 aromatic carbocycles. The predicted octanol–water partition coefficient (Wildman–Crippen LogP) is 2.04. The van der Waals surface area contributed by atoms with E-state index in [2.05, 4.69) is 4.74 Å². The van der Waals surface area contributed by atoms with Crippen molar-refractivity contribution in [2.45, 2.75) is 26.2 Å². The first kappa shape index (κ1) is 17.0. The van der Waals surface area contributed by atoms with Crippen molar-refractivity contribution in [1.82, 2.24) is 4.90 Å². The van der Waals surface area contributed by atoms with Crippen LogP contribution in [0.1, 0.15) is 25.3 Å². The van der Waals surface area contributed by atoms with Gasteiger partial charge in [-0.25, -0.2) is 0 Å². The summed E-state index contributed by atoms with van der Waals surface area (Å²) in [6.07, 6.45) is 1.80. The number of esters is 1. The average molecular weight is 293 g/mol. The van der Waals surface area contributed by atoms with Gasteiger partial charge in [0.2, 0.25) is 5.91 Å². The molecule has 0 aliphatic heterocycles.